The monoisotopic (exact) mass is 278 g/mol. The predicted molar refractivity (Wildman–Crippen MR) is 77.5 cm³/mol. The third-order valence-electron chi connectivity index (χ3n) is 3.26. The molecule has 0 saturated heterocycles. The van der Waals surface area contributed by atoms with Gasteiger partial charge in [0, 0.05) is 19.6 Å². The van der Waals surface area contributed by atoms with E-state index in [0.717, 1.165) is 11.1 Å². The number of nitrogens with zero attached hydrogens (tertiary/aromatic N) is 1. The molecule has 1 rings (SSSR count). The van der Waals surface area contributed by atoms with E-state index in [2.05, 4.69) is 5.32 Å². The lowest BCUT2D eigenvalue weighted by molar-refractivity contribution is -0.137. The highest BCUT2D eigenvalue weighted by Gasteiger charge is 2.17. The summed E-state index contributed by atoms with van der Waals surface area (Å²) in [5, 5.41) is 11.5. The molecule has 0 radical (unpaired) electrons. The zero-order chi connectivity index (χ0) is 15.1. The average Bonchev–Trinajstić information content (AvgIpc) is 2.39. The topological polar surface area (TPSA) is 69.6 Å². The molecule has 0 heterocycles. The number of aryl methyl sites for hydroxylation is 1. The van der Waals surface area contributed by atoms with Gasteiger partial charge in [-0.15, -0.1) is 0 Å². The maximum Gasteiger partial charge on any atom is 0.317 e. The number of benzene rings is 1. The van der Waals surface area contributed by atoms with Crippen LogP contribution < -0.4 is 5.32 Å². The maximum absolute atomic E-state index is 12.0. The number of aliphatic carboxylic acids is 1. The molecule has 0 fully saturated rings. The summed E-state index contributed by atoms with van der Waals surface area (Å²) >= 11 is 0. The summed E-state index contributed by atoms with van der Waals surface area (Å²) in [6, 6.07) is 7.29. The molecule has 0 aliphatic rings. The first-order valence-electron chi connectivity index (χ1n) is 6.72. The van der Waals surface area contributed by atoms with E-state index in [1.165, 1.54) is 0 Å². The number of hydrogen-bond acceptors (Lipinski definition) is 2. The number of amides is 2. The van der Waals surface area contributed by atoms with Crippen molar-refractivity contribution in [3.8, 4) is 0 Å². The van der Waals surface area contributed by atoms with Gasteiger partial charge >= 0.3 is 12.0 Å². The van der Waals surface area contributed by atoms with Crippen LogP contribution in [0.3, 0.4) is 0 Å². The highest BCUT2D eigenvalue weighted by atomic mass is 16.4. The Bertz CT molecular complexity index is 474. The number of hydrogen-bond donors (Lipinski definition) is 2. The summed E-state index contributed by atoms with van der Waals surface area (Å²) < 4.78 is 0. The second-order valence-corrected chi connectivity index (χ2v) is 4.94. The Kier molecular flexibility index (Phi) is 6.03. The fourth-order valence-electron chi connectivity index (χ4n) is 1.91. The first-order valence-corrected chi connectivity index (χ1v) is 6.72. The van der Waals surface area contributed by atoms with Gasteiger partial charge in [-0.3, -0.25) is 4.79 Å². The van der Waals surface area contributed by atoms with Gasteiger partial charge in [0.2, 0.25) is 0 Å². The molecule has 0 spiro atoms. The van der Waals surface area contributed by atoms with Gasteiger partial charge in [0.1, 0.15) is 0 Å². The van der Waals surface area contributed by atoms with E-state index in [-0.39, 0.29) is 18.5 Å². The van der Waals surface area contributed by atoms with Gasteiger partial charge in [-0.2, -0.15) is 0 Å². The predicted octanol–water partition coefficient (Wildman–Crippen LogP) is 2.39. The largest absolute Gasteiger partial charge is 0.481 e. The van der Waals surface area contributed by atoms with E-state index in [9.17, 15) is 9.59 Å². The maximum atomic E-state index is 12.0. The molecule has 110 valence electrons. The quantitative estimate of drug-likeness (QED) is 0.839. The number of rotatable bonds is 6. The summed E-state index contributed by atoms with van der Waals surface area (Å²) in [5.41, 5.74) is 2.21. The number of nitrogens with one attached hydrogen (secondary N) is 1. The minimum absolute atomic E-state index is 0.0551. The van der Waals surface area contributed by atoms with Gasteiger partial charge < -0.3 is 15.3 Å². The molecule has 1 aromatic carbocycles. The molecule has 20 heavy (non-hydrogen) atoms. The lowest BCUT2D eigenvalue weighted by atomic mass is 10.1. The van der Waals surface area contributed by atoms with Crippen LogP contribution in [0.2, 0.25) is 0 Å². The minimum atomic E-state index is -0.904. The molecule has 5 heteroatoms. The molecule has 5 nitrogen and oxygen atoms in total. The highest BCUT2D eigenvalue weighted by Crippen LogP contribution is 2.10. The van der Waals surface area contributed by atoms with Crippen LogP contribution in [0.15, 0.2) is 24.3 Å². The molecule has 0 aliphatic carbocycles. The average molecular weight is 278 g/mol. The van der Waals surface area contributed by atoms with Crippen LogP contribution in [0.1, 0.15) is 30.9 Å². The normalized spacial score (nSPS) is 11.8. The van der Waals surface area contributed by atoms with Crippen LogP contribution in [0.4, 0.5) is 4.79 Å². The Balaban J connectivity index is 2.58. The number of carboxylic acids is 1. The zero-order valence-corrected chi connectivity index (χ0v) is 12.2. The third-order valence-corrected chi connectivity index (χ3v) is 3.26. The van der Waals surface area contributed by atoms with Crippen molar-refractivity contribution < 1.29 is 14.7 Å². The molecule has 0 bridgehead atoms. The molecule has 1 atom stereocenters. The Hall–Kier alpha value is -2.04. The van der Waals surface area contributed by atoms with E-state index in [0.29, 0.717) is 13.0 Å². The van der Waals surface area contributed by atoms with E-state index >= 15 is 0 Å². The van der Waals surface area contributed by atoms with E-state index in [1.807, 2.05) is 38.1 Å². The van der Waals surface area contributed by atoms with Crippen LogP contribution in [0.25, 0.3) is 0 Å². The summed E-state index contributed by atoms with van der Waals surface area (Å²) in [4.78, 5) is 24.3. The Morgan fingerprint density at radius 3 is 2.55 bits per heavy atom. The Morgan fingerprint density at radius 2 is 2.00 bits per heavy atom. The van der Waals surface area contributed by atoms with E-state index in [1.54, 1.807) is 11.9 Å². The standard InChI is InChI=1S/C15H22N2O3/c1-4-13(9-14(18)19)16-15(20)17(3)10-12-8-6-5-7-11(12)2/h5-8,13H,4,9-10H2,1-3H3,(H,16,20)(H,18,19). The van der Waals surface area contributed by atoms with E-state index < -0.39 is 5.97 Å². The first kappa shape index (κ1) is 16.0. The molecule has 2 N–H and O–H groups in total. The Labute approximate surface area is 119 Å². The summed E-state index contributed by atoms with van der Waals surface area (Å²) in [5.74, 6) is -0.904. The summed E-state index contributed by atoms with van der Waals surface area (Å²) in [7, 11) is 1.70. The van der Waals surface area contributed by atoms with Gasteiger partial charge in [-0.05, 0) is 24.5 Å². The minimum Gasteiger partial charge on any atom is -0.481 e. The van der Waals surface area contributed by atoms with Gasteiger partial charge in [-0.1, -0.05) is 31.2 Å². The molecular formula is C15H22N2O3. The van der Waals surface area contributed by atoms with Crippen LogP contribution in [0, 0.1) is 6.92 Å². The fraction of sp³-hybridized carbons (Fsp3) is 0.467. The van der Waals surface area contributed by atoms with Crippen molar-refractivity contribution in [2.24, 2.45) is 0 Å². The van der Waals surface area contributed by atoms with Crippen molar-refractivity contribution in [1.82, 2.24) is 10.2 Å². The van der Waals surface area contributed by atoms with Crippen LogP contribution in [-0.4, -0.2) is 35.1 Å². The molecular weight excluding hydrogens is 256 g/mol. The molecule has 0 saturated carbocycles. The van der Waals surface area contributed by atoms with Crippen molar-refractivity contribution in [2.75, 3.05) is 7.05 Å². The fourth-order valence-corrected chi connectivity index (χ4v) is 1.91. The third kappa shape index (κ3) is 4.91. The number of carboxylic acid groups (broad SMARTS) is 1. The molecule has 0 aliphatic heterocycles. The first-order chi connectivity index (χ1) is 9.43. The molecule has 0 aromatic heterocycles. The van der Waals surface area contributed by atoms with Crippen molar-refractivity contribution in [3.63, 3.8) is 0 Å². The van der Waals surface area contributed by atoms with Crippen molar-refractivity contribution >= 4 is 12.0 Å². The SMILES string of the molecule is CCC(CC(=O)O)NC(=O)N(C)Cc1ccccc1C. The van der Waals surface area contributed by atoms with Gasteiger partial charge in [0.15, 0.2) is 0 Å². The second kappa shape index (κ2) is 7.53. The molecule has 1 unspecified atom stereocenters. The number of carbonyl (C=O) groups is 2. The van der Waals surface area contributed by atoms with Gasteiger partial charge in [-0.25, -0.2) is 4.79 Å². The summed E-state index contributed by atoms with van der Waals surface area (Å²) in [6.07, 6.45) is 0.538. The van der Waals surface area contributed by atoms with Crippen molar-refractivity contribution in [3.05, 3.63) is 35.4 Å². The lowest BCUT2D eigenvalue weighted by Crippen LogP contribution is -2.43. The smallest absolute Gasteiger partial charge is 0.317 e. The zero-order valence-electron chi connectivity index (χ0n) is 12.2. The van der Waals surface area contributed by atoms with Crippen LogP contribution >= 0.6 is 0 Å². The summed E-state index contributed by atoms with van der Waals surface area (Å²) in [6.45, 7) is 4.36. The van der Waals surface area contributed by atoms with Crippen LogP contribution in [-0.2, 0) is 11.3 Å². The lowest BCUT2D eigenvalue weighted by Gasteiger charge is -2.22. The number of urea groups is 1. The highest BCUT2D eigenvalue weighted by molar-refractivity contribution is 5.75. The van der Waals surface area contributed by atoms with Crippen molar-refractivity contribution in [2.45, 2.75) is 39.3 Å². The van der Waals surface area contributed by atoms with Crippen LogP contribution in [0.5, 0.6) is 0 Å². The molecule has 2 amide bonds. The van der Waals surface area contributed by atoms with E-state index in [4.69, 9.17) is 5.11 Å². The van der Waals surface area contributed by atoms with Gasteiger partial charge in [0.25, 0.3) is 0 Å². The van der Waals surface area contributed by atoms with Gasteiger partial charge in [0.05, 0.1) is 6.42 Å². The van der Waals surface area contributed by atoms with Crippen molar-refractivity contribution in [1.29, 1.82) is 0 Å². The second-order valence-electron chi connectivity index (χ2n) is 4.94. The molecule has 1 aromatic rings. The Morgan fingerprint density at radius 1 is 1.35 bits per heavy atom. The number of carbonyl (C=O) groups excluding carboxylic acids is 1.